The zero-order valence-electron chi connectivity index (χ0n) is 12.9. The maximum atomic E-state index is 10.2. The zero-order valence-corrected chi connectivity index (χ0v) is 12.9. The van der Waals surface area contributed by atoms with Crippen LogP contribution in [-0.4, -0.2) is 30.9 Å². The number of nitrogens with one attached hydrogen (secondary N) is 1. The lowest BCUT2D eigenvalue weighted by Gasteiger charge is -2.27. The number of rotatable bonds is 6. The standard InChI is InChI=1S/C19H23NO2/c21-19(15-22-14-16-6-2-1-3-7-16)13-20-11-10-17-8-4-5-9-18(17)12-20/h1-9,19,21H,10-15H2/p+1/t19-/m0/s1. The number of aliphatic hydroxyl groups is 1. The molecule has 2 N–H and O–H groups in total. The third-order valence-electron chi connectivity index (χ3n) is 4.25. The summed E-state index contributed by atoms with van der Waals surface area (Å²) in [5.74, 6) is 0. The summed E-state index contributed by atoms with van der Waals surface area (Å²) in [5, 5.41) is 10.2. The van der Waals surface area contributed by atoms with Crippen molar-refractivity contribution in [3.63, 3.8) is 0 Å². The second-order valence-corrected chi connectivity index (χ2v) is 6.05. The summed E-state index contributed by atoms with van der Waals surface area (Å²) in [7, 11) is 0. The Balaban J connectivity index is 1.42. The summed E-state index contributed by atoms with van der Waals surface area (Å²) < 4.78 is 5.63. The lowest BCUT2D eigenvalue weighted by molar-refractivity contribution is -0.919. The molecule has 0 saturated carbocycles. The fourth-order valence-corrected chi connectivity index (χ4v) is 3.10. The number of fused-ring (bicyclic) bond motifs is 1. The Morgan fingerprint density at radius 3 is 2.55 bits per heavy atom. The molecule has 3 rings (SSSR count). The van der Waals surface area contributed by atoms with Crippen LogP contribution in [0.4, 0.5) is 0 Å². The van der Waals surface area contributed by atoms with E-state index >= 15 is 0 Å². The van der Waals surface area contributed by atoms with E-state index < -0.39 is 6.10 Å². The molecular weight excluding hydrogens is 274 g/mol. The third kappa shape index (κ3) is 4.17. The number of benzene rings is 2. The van der Waals surface area contributed by atoms with Crippen molar-refractivity contribution < 1.29 is 14.7 Å². The molecule has 2 atom stereocenters. The predicted molar refractivity (Wildman–Crippen MR) is 86.7 cm³/mol. The molecular formula is C19H24NO2+. The lowest BCUT2D eigenvalue weighted by Crippen LogP contribution is -3.12. The molecule has 22 heavy (non-hydrogen) atoms. The van der Waals surface area contributed by atoms with Crippen molar-refractivity contribution in [3.8, 4) is 0 Å². The molecule has 0 radical (unpaired) electrons. The zero-order chi connectivity index (χ0) is 15.2. The molecule has 1 aliphatic rings. The van der Waals surface area contributed by atoms with Gasteiger partial charge >= 0.3 is 0 Å². The summed E-state index contributed by atoms with van der Waals surface area (Å²) in [6.07, 6.45) is 0.701. The molecule has 0 aromatic heterocycles. The van der Waals surface area contributed by atoms with Crippen molar-refractivity contribution in [2.75, 3.05) is 19.7 Å². The van der Waals surface area contributed by atoms with Gasteiger partial charge < -0.3 is 14.7 Å². The fraction of sp³-hybridized carbons (Fsp3) is 0.368. The first-order valence-electron chi connectivity index (χ1n) is 8.01. The van der Waals surface area contributed by atoms with Gasteiger partial charge in [0.15, 0.2) is 0 Å². The van der Waals surface area contributed by atoms with E-state index in [4.69, 9.17) is 4.74 Å². The van der Waals surface area contributed by atoms with E-state index in [2.05, 4.69) is 24.3 Å². The second-order valence-electron chi connectivity index (χ2n) is 6.05. The fourth-order valence-electron chi connectivity index (χ4n) is 3.10. The highest BCUT2D eigenvalue weighted by Gasteiger charge is 2.21. The highest BCUT2D eigenvalue weighted by atomic mass is 16.5. The number of hydrogen-bond acceptors (Lipinski definition) is 2. The maximum absolute atomic E-state index is 10.2. The van der Waals surface area contributed by atoms with Gasteiger partial charge in [0.2, 0.25) is 0 Å². The van der Waals surface area contributed by atoms with Crippen molar-refractivity contribution >= 4 is 0 Å². The van der Waals surface area contributed by atoms with Crippen LogP contribution in [0.5, 0.6) is 0 Å². The molecule has 1 aliphatic heterocycles. The minimum absolute atomic E-state index is 0.399. The van der Waals surface area contributed by atoms with E-state index in [0.29, 0.717) is 13.2 Å². The summed E-state index contributed by atoms with van der Waals surface area (Å²) in [5.41, 5.74) is 4.02. The summed E-state index contributed by atoms with van der Waals surface area (Å²) in [6.45, 7) is 3.82. The number of quaternary nitrogens is 1. The molecule has 0 bridgehead atoms. The van der Waals surface area contributed by atoms with Gasteiger partial charge in [-0.15, -0.1) is 0 Å². The average Bonchev–Trinajstić information content (AvgIpc) is 2.56. The molecule has 1 heterocycles. The molecule has 0 saturated heterocycles. The van der Waals surface area contributed by atoms with Crippen LogP contribution >= 0.6 is 0 Å². The molecule has 2 aromatic carbocycles. The number of aliphatic hydroxyl groups excluding tert-OH is 1. The summed E-state index contributed by atoms with van der Waals surface area (Å²) in [6, 6.07) is 18.7. The van der Waals surface area contributed by atoms with Crippen LogP contribution in [0.25, 0.3) is 0 Å². The van der Waals surface area contributed by atoms with E-state index in [1.165, 1.54) is 16.0 Å². The molecule has 0 fully saturated rings. The Labute approximate surface area is 132 Å². The van der Waals surface area contributed by atoms with Crippen molar-refractivity contribution in [3.05, 3.63) is 71.3 Å². The minimum Gasteiger partial charge on any atom is -0.385 e. The minimum atomic E-state index is -0.399. The van der Waals surface area contributed by atoms with Crippen LogP contribution in [-0.2, 0) is 24.3 Å². The Hall–Kier alpha value is -1.68. The molecule has 1 unspecified atom stereocenters. The van der Waals surface area contributed by atoms with Gasteiger partial charge in [0.1, 0.15) is 19.2 Å². The average molecular weight is 298 g/mol. The van der Waals surface area contributed by atoms with E-state index in [-0.39, 0.29) is 0 Å². The van der Waals surface area contributed by atoms with Crippen LogP contribution in [0.15, 0.2) is 54.6 Å². The molecule has 3 nitrogen and oxygen atoms in total. The van der Waals surface area contributed by atoms with Crippen LogP contribution in [0.1, 0.15) is 16.7 Å². The highest BCUT2D eigenvalue weighted by Crippen LogP contribution is 2.10. The molecule has 116 valence electrons. The van der Waals surface area contributed by atoms with E-state index in [1.54, 1.807) is 0 Å². The maximum Gasteiger partial charge on any atom is 0.126 e. The quantitative estimate of drug-likeness (QED) is 0.840. The van der Waals surface area contributed by atoms with Crippen LogP contribution in [0, 0.1) is 0 Å². The van der Waals surface area contributed by atoms with Gasteiger partial charge in [-0.05, 0) is 11.1 Å². The van der Waals surface area contributed by atoms with Crippen molar-refractivity contribution in [1.82, 2.24) is 0 Å². The summed E-state index contributed by atoms with van der Waals surface area (Å²) >= 11 is 0. The Bertz CT molecular complexity index is 585. The van der Waals surface area contributed by atoms with Gasteiger partial charge in [-0.3, -0.25) is 0 Å². The van der Waals surface area contributed by atoms with Gasteiger partial charge in [-0.1, -0.05) is 54.6 Å². The smallest absolute Gasteiger partial charge is 0.126 e. The molecule has 3 heteroatoms. The van der Waals surface area contributed by atoms with E-state index in [1.807, 2.05) is 30.3 Å². The van der Waals surface area contributed by atoms with Crippen molar-refractivity contribution in [2.24, 2.45) is 0 Å². The van der Waals surface area contributed by atoms with E-state index in [9.17, 15) is 5.11 Å². The SMILES string of the molecule is O[C@H](COCc1ccccc1)C[NH+]1CCc2ccccc2C1. The third-order valence-corrected chi connectivity index (χ3v) is 4.25. The van der Waals surface area contributed by atoms with Gasteiger partial charge in [0.05, 0.1) is 19.8 Å². The second kappa shape index (κ2) is 7.54. The lowest BCUT2D eigenvalue weighted by atomic mass is 10.00. The topological polar surface area (TPSA) is 33.9 Å². The number of hydrogen-bond donors (Lipinski definition) is 2. The highest BCUT2D eigenvalue weighted by molar-refractivity contribution is 5.27. The molecule has 0 aliphatic carbocycles. The molecule has 0 spiro atoms. The normalized spacial score (nSPS) is 18.7. The van der Waals surface area contributed by atoms with Gasteiger partial charge in [-0.2, -0.15) is 0 Å². The van der Waals surface area contributed by atoms with Crippen LogP contribution in [0.3, 0.4) is 0 Å². The van der Waals surface area contributed by atoms with Crippen LogP contribution in [0.2, 0.25) is 0 Å². The first-order valence-corrected chi connectivity index (χ1v) is 8.01. The van der Waals surface area contributed by atoms with E-state index in [0.717, 1.165) is 31.6 Å². The van der Waals surface area contributed by atoms with Crippen molar-refractivity contribution in [2.45, 2.75) is 25.7 Å². The van der Waals surface area contributed by atoms with Gasteiger partial charge in [-0.25, -0.2) is 0 Å². The number of ether oxygens (including phenoxy) is 1. The van der Waals surface area contributed by atoms with Crippen molar-refractivity contribution in [1.29, 1.82) is 0 Å². The largest absolute Gasteiger partial charge is 0.385 e. The monoisotopic (exact) mass is 298 g/mol. The Morgan fingerprint density at radius 1 is 1.00 bits per heavy atom. The Morgan fingerprint density at radius 2 is 1.73 bits per heavy atom. The summed E-state index contributed by atoms with van der Waals surface area (Å²) in [4.78, 5) is 1.44. The Kier molecular flexibility index (Phi) is 5.22. The molecule has 0 amide bonds. The van der Waals surface area contributed by atoms with Gasteiger partial charge in [0.25, 0.3) is 0 Å². The first-order chi connectivity index (χ1) is 10.8. The first kappa shape index (κ1) is 15.2. The van der Waals surface area contributed by atoms with Gasteiger partial charge in [0, 0.05) is 12.0 Å². The molecule has 2 aromatic rings. The van der Waals surface area contributed by atoms with Crippen LogP contribution < -0.4 is 4.90 Å². The predicted octanol–water partition coefficient (Wildman–Crippen LogP) is 1.21.